The molecule has 1 aliphatic carbocycles. The Kier molecular flexibility index (Phi) is 4.16. The zero-order chi connectivity index (χ0) is 15.6. The highest BCUT2D eigenvalue weighted by Crippen LogP contribution is 2.40. The van der Waals surface area contributed by atoms with Crippen LogP contribution in [0.2, 0.25) is 0 Å². The molecule has 116 valence electrons. The van der Waals surface area contributed by atoms with Gasteiger partial charge in [-0.15, -0.1) is 0 Å². The number of hydrogen-bond donors (Lipinski definition) is 1. The number of fused-ring (bicyclic) bond motifs is 1. The number of carboxylic acids is 1. The molecular formula is C19H22O3. The largest absolute Gasteiger partial charge is 0.481 e. The zero-order valence-electron chi connectivity index (χ0n) is 12.9. The molecule has 0 saturated heterocycles. The maximum absolute atomic E-state index is 11.9. The SMILES string of the molecule is COC1CCC(Cc2ccc3ccccc3c2)(C(=O)O)CC1. The van der Waals surface area contributed by atoms with Gasteiger partial charge in [-0.3, -0.25) is 4.79 Å². The van der Waals surface area contributed by atoms with Crippen molar-refractivity contribution in [2.75, 3.05) is 7.11 Å². The highest BCUT2D eigenvalue weighted by atomic mass is 16.5. The summed E-state index contributed by atoms with van der Waals surface area (Å²) < 4.78 is 5.38. The summed E-state index contributed by atoms with van der Waals surface area (Å²) >= 11 is 0. The Bertz CT molecular complexity index is 669. The van der Waals surface area contributed by atoms with Gasteiger partial charge in [0.05, 0.1) is 11.5 Å². The maximum atomic E-state index is 11.9. The Morgan fingerprint density at radius 2 is 1.86 bits per heavy atom. The lowest BCUT2D eigenvalue weighted by Crippen LogP contribution is -2.39. The molecule has 1 saturated carbocycles. The summed E-state index contributed by atoms with van der Waals surface area (Å²) in [5, 5.41) is 12.1. The maximum Gasteiger partial charge on any atom is 0.309 e. The molecule has 0 radical (unpaired) electrons. The molecule has 0 aliphatic heterocycles. The van der Waals surface area contributed by atoms with Gasteiger partial charge in [0, 0.05) is 7.11 Å². The van der Waals surface area contributed by atoms with Gasteiger partial charge in [-0.2, -0.15) is 0 Å². The quantitative estimate of drug-likeness (QED) is 0.926. The van der Waals surface area contributed by atoms with Gasteiger partial charge < -0.3 is 9.84 Å². The van der Waals surface area contributed by atoms with Gasteiger partial charge >= 0.3 is 5.97 Å². The van der Waals surface area contributed by atoms with Crippen molar-refractivity contribution in [3.8, 4) is 0 Å². The van der Waals surface area contributed by atoms with Crippen LogP contribution in [0.4, 0.5) is 0 Å². The lowest BCUT2D eigenvalue weighted by Gasteiger charge is -2.36. The summed E-state index contributed by atoms with van der Waals surface area (Å²) in [6.45, 7) is 0. The number of carbonyl (C=O) groups is 1. The van der Waals surface area contributed by atoms with E-state index in [4.69, 9.17) is 4.74 Å². The van der Waals surface area contributed by atoms with Crippen LogP contribution in [0, 0.1) is 5.41 Å². The molecule has 2 aromatic carbocycles. The Morgan fingerprint density at radius 1 is 1.18 bits per heavy atom. The molecule has 1 fully saturated rings. The van der Waals surface area contributed by atoms with E-state index in [0.717, 1.165) is 18.4 Å². The standard InChI is InChI=1S/C19H22O3/c1-22-17-8-10-19(11-9-17,18(20)21)13-14-6-7-15-4-2-3-5-16(15)12-14/h2-7,12,17H,8-11,13H2,1H3,(H,20,21). The summed E-state index contributed by atoms with van der Waals surface area (Å²) in [6, 6.07) is 14.5. The van der Waals surface area contributed by atoms with Crippen molar-refractivity contribution in [1.82, 2.24) is 0 Å². The Labute approximate surface area is 130 Å². The Balaban J connectivity index is 1.85. The molecule has 0 bridgehead atoms. The molecule has 22 heavy (non-hydrogen) atoms. The van der Waals surface area contributed by atoms with Gasteiger partial charge in [0.1, 0.15) is 0 Å². The average molecular weight is 298 g/mol. The number of benzene rings is 2. The minimum atomic E-state index is -0.671. The van der Waals surface area contributed by atoms with Crippen LogP contribution in [-0.2, 0) is 16.0 Å². The van der Waals surface area contributed by atoms with Crippen molar-refractivity contribution in [3.05, 3.63) is 48.0 Å². The second-order valence-electron chi connectivity index (χ2n) is 6.38. The smallest absolute Gasteiger partial charge is 0.309 e. The normalized spacial score (nSPS) is 25.2. The first-order chi connectivity index (χ1) is 10.6. The summed E-state index contributed by atoms with van der Waals surface area (Å²) in [5.41, 5.74) is 0.467. The van der Waals surface area contributed by atoms with Crippen molar-refractivity contribution in [1.29, 1.82) is 0 Å². The molecule has 1 N–H and O–H groups in total. The van der Waals surface area contributed by atoms with Crippen LogP contribution in [0.5, 0.6) is 0 Å². The zero-order valence-corrected chi connectivity index (χ0v) is 12.9. The number of carboxylic acid groups (broad SMARTS) is 1. The number of methoxy groups -OCH3 is 1. The van der Waals surface area contributed by atoms with E-state index < -0.39 is 11.4 Å². The number of rotatable bonds is 4. The van der Waals surface area contributed by atoms with Crippen LogP contribution < -0.4 is 0 Å². The molecule has 3 rings (SSSR count). The summed E-state index contributed by atoms with van der Waals surface area (Å²) in [7, 11) is 1.71. The van der Waals surface area contributed by atoms with E-state index in [1.807, 2.05) is 12.1 Å². The molecule has 0 unspecified atom stereocenters. The minimum absolute atomic E-state index is 0.212. The fourth-order valence-corrected chi connectivity index (χ4v) is 3.59. The Hall–Kier alpha value is -1.87. The number of hydrogen-bond acceptors (Lipinski definition) is 2. The second-order valence-corrected chi connectivity index (χ2v) is 6.38. The van der Waals surface area contributed by atoms with Crippen LogP contribution in [0.15, 0.2) is 42.5 Å². The van der Waals surface area contributed by atoms with Gasteiger partial charge in [-0.25, -0.2) is 0 Å². The first-order valence-corrected chi connectivity index (χ1v) is 7.87. The molecule has 0 spiro atoms. The van der Waals surface area contributed by atoms with E-state index in [0.29, 0.717) is 19.3 Å². The molecule has 2 aromatic rings. The summed E-state index contributed by atoms with van der Waals surface area (Å²) in [6.07, 6.45) is 3.85. The van der Waals surface area contributed by atoms with E-state index in [9.17, 15) is 9.90 Å². The van der Waals surface area contributed by atoms with Gasteiger partial charge in [0.25, 0.3) is 0 Å². The minimum Gasteiger partial charge on any atom is -0.481 e. The molecule has 0 atom stereocenters. The molecule has 0 amide bonds. The van der Waals surface area contributed by atoms with Gasteiger partial charge in [-0.05, 0) is 48.4 Å². The third-order valence-electron chi connectivity index (χ3n) is 5.03. The molecule has 0 aromatic heterocycles. The topological polar surface area (TPSA) is 46.5 Å². The monoisotopic (exact) mass is 298 g/mol. The summed E-state index contributed by atoms with van der Waals surface area (Å²) in [5.74, 6) is -0.671. The number of aliphatic carboxylic acids is 1. The summed E-state index contributed by atoms with van der Waals surface area (Å²) in [4.78, 5) is 11.9. The predicted molar refractivity (Wildman–Crippen MR) is 87.0 cm³/mol. The lowest BCUT2D eigenvalue weighted by atomic mass is 9.69. The third-order valence-corrected chi connectivity index (χ3v) is 5.03. The average Bonchev–Trinajstić information content (AvgIpc) is 2.55. The molecule has 0 heterocycles. The van der Waals surface area contributed by atoms with Crippen LogP contribution in [-0.4, -0.2) is 24.3 Å². The van der Waals surface area contributed by atoms with Gasteiger partial charge in [-0.1, -0.05) is 42.5 Å². The molecule has 3 heteroatoms. The van der Waals surface area contributed by atoms with Crippen LogP contribution in [0.3, 0.4) is 0 Å². The van der Waals surface area contributed by atoms with E-state index >= 15 is 0 Å². The number of ether oxygens (including phenoxy) is 1. The van der Waals surface area contributed by atoms with Crippen molar-refractivity contribution in [3.63, 3.8) is 0 Å². The Morgan fingerprint density at radius 3 is 2.50 bits per heavy atom. The predicted octanol–water partition coefficient (Wildman–Crippen LogP) is 4.04. The second kappa shape index (κ2) is 6.09. The highest BCUT2D eigenvalue weighted by Gasteiger charge is 2.42. The van der Waals surface area contributed by atoms with Crippen LogP contribution >= 0.6 is 0 Å². The van der Waals surface area contributed by atoms with Crippen molar-refractivity contribution >= 4 is 16.7 Å². The van der Waals surface area contributed by atoms with E-state index in [-0.39, 0.29) is 6.10 Å². The van der Waals surface area contributed by atoms with Crippen molar-refractivity contribution in [2.45, 2.75) is 38.2 Å². The van der Waals surface area contributed by atoms with Crippen LogP contribution in [0.1, 0.15) is 31.2 Å². The van der Waals surface area contributed by atoms with Crippen molar-refractivity contribution in [2.24, 2.45) is 5.41 Å². The van der Waals surface area contributed by atoms with Gasteiger partial charge in [0.2, 0.25) is 0 Å². The van der Waals surface area contributed by atoms with Crippen molar-refractivity contribution < 1.29 is 14.6 Å². The highest BCUT2D eigenvalue weighted by molar-refractivity contribution is 5.83. The fourth-order valence-electron chi connectivity index (χ4n) is 3.59. The first-order valence-electron chi connectivity index (χ1n) is 7.87. The van der Waals surface area contributed by atoms with E-state index in [1.165, 1.54) is 10.8 Å². The lowest BCUT2D eigenvalue weighted by molar-refractivity contribution is -0.152. The first kappa shape index (κ1) is 15.0. The molecule has 1 aliphatic rings. The van der Waals surface area contributed by atoms with E-state index in [2.05, 4.69) is 30.3 Å². The third kappa shape index (κ3) is 2.86. The molecule has 3 nitrogen and oxygen atoms in total. The van der Waals surface area contributed by atoms with Crippen LogP contribution in [0.25, 0.3) is 10.8 Å². The van der Waals surface area contributed by atoms with E-state index in [1.54, 1.807) is 7.11 Å². The van der Waals surface area contributed by atoms with Gasteiger partial charge in [0.15, 0.2) is 0 Å². The molecular weight excluding hydrogens is 276 g/mol. The fraction of sp³-hybridized carbons (Fsp3) is 0.421.